The number of benzene rings is 3. The third kappa shape index (κ3) is 5.38. The standard InChI is InChI=1S/C21H17Cl2N3O3S/c1-14(19-7-2-3-8-20(19)23)24-25-21(27)15-5-4-6-18(13-15)30(28,29)26-17-11-9-16(22)10-12-17/h2-13,26H,1H3,(H,25,27)/b24-14+. The highest BCUT2D eigenvalue weighted by Crippen LogP contribution is 2.19. The van der Waals surface area contributed by atoms with Gasteiger partial charge in [0, 0.05) is 26.9 Å². The van der Waals surface area contributed by atoms with Gasteiger partial charge in [-0.3, -0.25) is 9.52 Å². The van der Waals surface area contributed by atoms with Gasteiger partial charge in [-0.15, -0.1) is 0 Å². The molecule has 6 nitrogen and oxygen atoms in total. The molecule has 0 aliphatic carbocycles. The summed E-state index contributed by atoms with van der Waals surface area (Å²) in [7, 11) is -3.89. The highest BCUT2D eigenvalue weighted by Gasteiger charge is 2.16. The first-order chi connectivity index (χ1) is 14.3. The van der Waals surface area contributed by atoms with Crippen LogP contribution in [0.1, 0.15) is 22.8 Å². The van der Waals surface area contributed by atoms with Gasteiger partial charge in [-0.25, -0.2) is 13.8 Å². The monoisotopic (exact) mass is 461 g/mol. The Morgan fingerprint density at radius 1 is 0.933 bits per heavy atom. The Bertz CT molecular complexity index is 1210. The fourth-order valence-corrected chi connectivity index (χ4v) is 4.05. The molecule has 0 atom stereocenters. The fourth-order valence-electron chi connectivity index (χ4n) is 2.55. The van der Waals surface area contributed by atoms with Gasteiger partial charge in [0.2, 0.25) is 0 Å². The Morgan fingerprint density at radius 3 is 2.33 bits per heavy atom. The van der Waals surface area contributed by atoms with Gasteiger partial charge in [0.1, 0.15) is 0 Å². The molecule has 0 aromatic heterocycles. The van der Waals surface area contributed by atoms with Gasteiger partial charge < -0.3 is 0 Å². The molecule has 0 heterocycles. The third-order valence-corrected chi connectivity index (χ3v) is 6.05. The second-order valence-corrected chi connectivity index (χ2v) is 8.78. The predicted octanol–water partition coefficient (Wildman–Crippen LogP) is 4.95. The molecule has 2 N–H and O–H groups in total. The van der Waals surface area contributed by atoms with E-state index in [0.717, 1.165) is 0 Å². The molecule has 0 bridgehead atoms. The van der Waals surface area contributed by atoms with Gasteiger partial charge in [0.15, 0.2) is 0 Å². The Balaban J connectivity index is 1.77. The number of halogens is 2. The van der Waals surface area contributed by atoms with Crippen molar-refractivity contribution in [2.24, 2.45) is 5.10 Å². The van der Waals surface area contributed by atoms with E-state index in [1.54, 1.807) is 49.4 Å². The normalized spacial score (nSPS) is 11.8. The third-order valence-electron chi connectivity index (χ3n) is 4.09. The van der Waals surface area contributed by atoms with Crippen LogP contribution in [0.4, 0.5) is 5.69 Å². The van der Waals surface area contributed by atoms with Crippen LogP contribution in [0.3, 0.4) is 0 Å². The minimum atomic E-state index is -3.89. The van der Waals surface area contributed by atoms with E-state index >= 15 is 0 Å². The SMILES string of the molecule is C/C(=N\NC(=O)c1cccc(S(=O)(=O)Nc2ccc(Cl)cc2)c1)c1ccccc1Cl. The second-order valence-electron chi connectivity index (χ2n) is 6.26. The average molecular weight is 462 g/mol. The van der Waals surface area contributed by atoms with E-state index in [-0.39, 0.29) is 10.5 Å². The summed E-state index contributed by atoms with van der Waals surface area (Å²) in [6.45, 7) is 1.71. The summed E-state index contributed by atoms with van der Waals surface area (Å²) in [5.74, 6) is -0.551. The van der Waals surface area contributed by atoms with E-state index in [1.165, 1.54) is 24.3 Å². The van der Waals surface area contributed by atoms with E-state index in [1.807, 2.05) is 6.07 Å². The zero-order valence-corrected chi connectivity index (χ0v) is 18.1. The van der Waals surface area contributed by atoms with Crippen molar-refractivity contribution in [2.75, 3.05) is 4.72 Å². The first-order valence-corrected chi connectivity index (χ1v) is 11.0. The summed E-state index contributed by atoms with van der Waals surface area (Å²) in [4.78, 5) is 12.4. The number of sulfonamides is 1. The lowest BCUT2D eigenvalue weighted by atomic mass is 10.1. The zero-order valence-electron chi connectivity index (χ0n) is 15.8. The lowest BCUT2D eigenvalue weighted by Gasteiger charge is -2.09. The van der Waals surface area contributed by atoms with Crippen molar-refractivity contribution in [2.45, 2.75) is 11.8 Å². The molecule has 30 heavy (non-hydrogen) atoms. The number of carbonyl (C=O) groups is 1. The van der Waals surface area contributed by atoms with Crippen molar-refractivity contribution in [1.29, 1.82) is 0 Å². The van der Waals surface area contributed by atoms with Gasteiger partial charge in [-0.2, -0.15) is 5.10 Å². The van der Waals surface area contributed by atoms with E-state index in [2.05, 4.69) is 15.2 Å². The first-order valence-electron chi connectivity index (χ1n) is 8.74. The van der Waals surface area contributed by atoms with Gasteiger partial charge in [0.05, 0.1) is 10.6 Å². The summed E-state index contributed by atoms with van der Waals surface area (Å²) in [6.07, 6.45) is 0. The molecule has 3 aromatic rings. The van der Waals surface area contributed by atoms with Gasteiger partial charge in [0.25, 0.3) is 15.9 Å². The van der Waals surface area contributed by atoms with Crippen LogP contribution in [-0.2, 0) is 10.0 Å². The largest absolute Gasteiger partial charge is 0.280 e. The van der Waals surface area contributed by atoms with Crippen LogP contribution in [0.2, 0.25) is 10.0 Å². The van der Waals surface area contributed by atoms with Crippen LogP contribution in [-0.4, -0.2) is 20.0 Å². The number of hydrogen-bond donors (Lipinski definition) is 2. The van der Waals surface area contributed by atoms with E-state index < -0.39 is 15.9 Å². The fraction of sp³-hybridized carbons (Fsp3) is 0.0476. The molecule has 154 valence electrons. The first kappa shape index (κ1) is 21.8. The van der Waals surface area contributed by atoms with Crippen LogP contribution in [0, 0.1) is 0 Å². The van der Waals surface area contributed by atoms with Crippen molar-refractivity contribution >= 4 is 50.5 Å². The molecule has 0 aliphatic heterocycles. The predicted molar refractivity (Wildman–Crippen MR) is 120 cm³/mol. The maximum Gasteiger partial charge on any atom is 0.271 e. The summed E-state index contributed by atoms with van der Waals surface area (Å²) in [5.41, 5.74) is 4.12. The Morgan fingerprint density at radius 2 is 1.63 bits per heavy atom. The quantitative estimate of drug-likeness (QED) is 0.402. The molecule has 9 heteroatoms. The topological polar surface area (TPSA) is 87.6 Å². The number of hydrogen-bond acceptors (Lipinski definition) is 4. The molecule has 3 aromatic carbocycles. The summed E-state index contributed by atoms with van der Waals surface area (Å²) in [5, 5.41) is 5.05. The number of nitrogens with zero attached hydrogens (tertiary/aromatic N) is 1. The summed E-state index contributed by atoms with van der Waals surface area (Å²) < 4.78 is 27.7. The lowest BCUT2D eigenvalue weighted by Crippen LogP contribution is -2.20. The number of anilines is 1. The zero-order chi connectivity index (χ0) is 21.7. The summed E-state index contributed by atoms with van der Waals surface area (Å²) in [6, 6.07) is 19.0. The molecule has 0 spiro atoms. The van der Waals surface area contributed by atoms with E-state index in [4.69, 9.17) is 23.2 Å². The van der Waals surface area contributed by atoms with Crippen LogP contribution in [0.5, 0.6) is 0 Å². The maximum absolute atomic E-state index is 12.6. The Kier molecular flexibility index (Phi) is 6.77. The Hall–Kier alpha value is -2.87. The average Bonchev–Trinajstić information content (AvgIpc) is 2.73. The molecule has 0 saturated carbocycles. The number of amides is 1. The molecular formula is C21H17Cl2N3O3S. The maximum atomic E-state index is 12.6. The van der Waals surface area contributed by atoms with E-state index in [9.17, 15) is 13.2 Å². The molecule has 1 amide bonds. The molecule has 0 radical (unpaired) electrons. The number of nitrogens with one attached hydrogen (secondary N) is 2. The van der Waals surface area contributed by atoms with Crippen LogP contribution in [0.15, 0.2) is 82.8 Å². The number of carbonyl (C=O) groups excluding carboxylic acids is 1. The molecule has 3 rings (SSSR count). The van der Waals surface area contributed by atoms with Crippen LogP contribution >= 0.6 is 23.2 Å². The molecule has 0 unspecified atom stereocenters. The Labute approximate surface area is 184 Å². The van der Waals surface area contributed by atoms with Crippen LogP contribution in [0.25, 0.3) is 0 Å². The van der Waals surface area contributed by atoms with E-state index in [0.29, 0.717) is 27.0 Å². The van der Waals surface area contributed by atoms with Gasteiger partial charge in [-0.05, 0) is 55.5 Å². The van der Waals surface area contributed by atoms with Crippen molar-refractivity contribution in [3.05, 3.63) is 94.0 Å². The molecular weight excluding hydrogens is 445 g/mol. The molecule has 0 saturated heterocycles. The lowest BCUT2D eigenvalue weighted by molar-refractivity contribution is 0.0954. The van der Waals surface area contributed by atoms with Gasteiger partial charge in [-0.1, -0.05) is 47.5 Å². The minimum absolute atomic E-state index is 0.0584. The van der Waals surface area contributed by atoms with Crippen molar-refractivity contribution in [1.82, 2.24) is 5.43 Å². The van der Waals surface area contributed by atoms with Gasteiger partial charge >= 0.3 is 0 Å². The molecule has 0 fully saturated rings. The van der Waals surface area contributed by atoms with Crippen molar-refractivity contribution < 1.29 is 13.2 Å². The second kappa shape index (κ2) is 9.30. The highest BCUT2D eigenvalue weighted by molar-refractivity contribution is 7.92. The highest BCUT2D eigenvalue weighted by atomic mass is 35.5. The molecule has 0 aliphatic rings. The minimum Gasteiger partial charge on any atom is -0.280 e. The summed E-state index contributed by atoms with van der Waals surface area (Å²) >= 11 is 11.9. The van der Waals surface area contributed by atoms with Crippen molar-refractivity contribution in [3.8, 4) is 0 Å². The smallest absolute Gasteiger partial charge is 0.271 e. The van der Waals surface area contributed by atoms with Crippen molar-refractivity contribution in [3.63, 3.8) is 0 Å². The van der Waals surface area contributed by atoms with Crippen LogP contribution < -0.4 is 10.1 Å². The number of rotatable bonds is 6. The number of hydrazone groups is 1.